The minimum Gasteiger partial charge on any atom is -0.251 e. The maximum absolute atomic E-state index is 5.17. The number of rotatable bonds is 3. The van der Waals surface area contributed by atoms with E-state index >= 15 is 0 Å². The Labute approximate surface area is 270 Å². The van der Waals surface area contributed by atoms with E-state index in [1.807, 2.05) is 28.9 Å². The highest BCUT2D eigenvalue weighted by atomic mass is 32.1. The number of fused-ring (bicyclic) bond motifs is 9. The van der Waals surface area contributed by atoms with E-state index < -0.39 is 0 Å². The fraction of sp³-hybridized carbons (Fsp3) is 0. The zero-order valence-electron chi connectivity index (χ0n) is 23.8. The standard InChI is InChI=1S/C40H22N2S3/c1-3-16-34-27(10-1)29-13-6-12-26(38(29)43-34)25-9-5-8-23(20-25)24-18-19-36-32(21-24)37-40(45-36)42-33(22-41-37)31-15-7-14-30-28-11-2-4-17-35(28)44-39(30)31/h1-22H. The highest BCUT2D eigenvalue weighted by Crippen LogP contribution is 2.43. The molecule has 0 amide bonds. The molecule has 0 N–H and O–H groups in total. The summed E-state index contributed by atoms with van der Waals surface area (Å²) in [4.78, 5) is 11.2. The quantitative estimate of drug-likeness (QED) is 0.195. The lowest BCUT2D eigenvalue weighted by atomic mass is 9.97. The van der Waals surface area contributed by atoms with Crippen molar-refractivity contribution in [1.82, 2.24) is 9.97 Å². The van der Waals surface area contributed by atoms with Gasteiger partial charge in [0.05, 0.1) is 11.9 Å². The zero-order valence-corrected chi connectivity index (χ0v) is 26.3. The molecule has 5 heteroatoms. The third-order valence-corrected chi connectivity index (χ3v) is 12.3. The molecule has 0 aliphatic carbocycles. The van der Waals surface area contributed by atoms with Gasteiger partial charge >= 0.3 is 0 Å². The van der Waals surface area contributed by atoms with Crippen LogP contribution in [-0.4, -0.2) is 9.97 Å². The van der Waals surface area contributed by atoms with Crippen molar-refractivity contribution in [2.24, 2.45) is 0 Å². The molecule has 0 atom stereocenters. The molecule has 0 saturated carbocycles. The minimum absolute atomic E-state index is 0.926. The van der Waals surface area contributed by atoms with Crippen LogP contribution in [0.4, 0.5) is 0 Å². The molecule has 0 fully saturated rings. The van der Waals surface area contributed by atoms with Crippen LogP contribution in [0.1, 0.15) is 0 Å². The third-order valence-electron chi connectivity index (χ3n) is 8.77. The average molecular weight is 627 g/mol. The van der Waals surface area contributed by atoms with Gasteiger partial charge in [-0.05, 0) is 52.6 Å². The van der Waals surface area contributed by atoms with Gasteiger partial charge in [0.1, 0.15) is 10.3 Å². The highest BCUT2D eigenvalue weighted by molar-refractivity contribution is 7.27. The molecule has 0 radical (unpaired) electrons. The van der Waals surface area contributed by atoms with Crippen molar-refractivity contribution in [1.29, 1.82) is 0 Å². The summed E-state index contributed by atoms with van der Waals surface area (Å²) in [6.07, 6.45) is 1.95. The lowest BCUT2D eigenvalue weighted by Gasteiger charge is -2.08. The van der Waals surface area contributed by atoms with Crippen molar-refractivity contribution in [2.45, 2.75) is 0 Å². The van der Waals surface area contributed by atoms with E-state index in [1.165, 1.54) is 67.3 Å². The summed E-state index contributed by atoms with van der Waals surface area (Å²) in [5.74, 6) is 0. The van der Waals surface area contributed by atoms with Crippen LogP contribution in [0.15, 0.2) is 134 Å². The van der Waals surface area contributed by atoms with E-state index in [9.17, 15) is 0 Å². The molecule has 0 saturated heterocycles. The Kier molecular flexibility index (Phi) is 5.52. The van der Waals surface area contributed by atoms with Crippen molar-refractivity contribution in [3.8, 4) is 33.5 Å². The van der Waals surface area contributed by atoms with Crippen LogP contribution in [-0.2, 0) is 0 Å². The molecule has 210 valence electrons. The Morgan fingerprint density at radius 3 is 1.80 bits per heavy atom. The van der Waals surface area contributed by atoms with Crippen LogP contribution in [0.2, 0.25) is 0 Å². The summed E-state index contributed by atoms with van der Waals surface area (Å²) in [7, 11) is 0. The Balaban J connectivity index is 1.07. The second kappa shape index (κ2) is 9.78. The molecule has 0 spiro atoms. The average Bonchev–Trinajstić information content (AvgIpc) is 3.78. The molecule has 6 aromatic carbocycles. The molecule has 45 heavy (non-hydrogen) atoms. The van der Waals surface area contributed by atoms with E-state index in [-0.39, 0.29) is 0 Å². The van der Waals surface area contributed by atoms with E-state index in [0.717, 1.165) is 27.0 Å². The first kappa shape index (κ1) is 25.4. The summed E-state index contributed by atoms with van der Waals surface area (Å²) in [6.45, 7) is 0. The molecule has 4 aromatic heterocycles. The summed E-state index contributed by atoms with van der Waals surface area (Å²) in [6, 6.07) is 46.2. The lowest BCUT2D eigenvalue weighted by Crippen LogP contribution is -1.86. The topological polar surface area (TPSA) is 25.8 Å². The molecular weight excluding hydrogens is 605 g/mol. The number of hydrogen-bond donors (Lipinski definition) is 0. The largest absolute Gasteiger partial charge is 0.251 e. The summed E-state index contributed by atoms with van der Waals surface area (Å²) < 4.78 is 6.44. The number of benzene rings is 6. The predicted molar refractivity (Wildman–Crippen MR) is 197 cm³/mol. The third kappa shape index (κ3) is 3.91. The first-order chi connectivity index (χ1) is 22.3. The molecule has 0 aliphatic rings. The number of nitrogens with zero attached hydrogens (tertiary/aromatic N) is 2. The maximum Gasteiger partial charge on any atom is 0.143 e. The van der Waals surface area contributed by atoms with Crippen molar-refractivity contribution < 1.29 is 0 Å². The molecule has 2 nitrogen and oxygen atoms in total. The van der Waals surface area contributed by atoms with E-state index in [4.69, 9.17) is 9.97 Å². The van der Waals surface area contributed by atoms with Crippen molar-refractivity contribution in [3.05, 3.63) is 134 Å². The summed E-state index contributed by atoms with van der Waals surface area (Å²) in [5.41, 5.74) is 7.95. The maximum atomic E-state index is 5.17. The Morgan fingerprint density at radius 1 is 0.422 bits per heavy atom. The zero-order chi connectivity index (χ0) is 29.5. The molecule has 10 aromatic rings. The molecule has 0 unspecified atom stereocenters. The molecule has 10 rings (SSSR count). The van der Waals surface area contributed by atoms with Gasteiger partial charge in [0.2, 0.25) is 0 Å². The van der Waals surface area contributed by atoms with Crippen LogP contribution >= 0.6 is 34.0 Å². The van der Waals surface area contributed by atoms with Crippen LogP contribution < -0.4 is 0 Å². The normalized spacial score (nSPS) is 12.0. The first-order valence-electron chi connectivity index (χ1n) is 14.9. The minimum atomic E-state index is 0.926. The molecule has 0 aliphatic heterocycles. The molecule has 4 heterocycles. The van der Waals surface area contributed by atoms with Gasteiger partial charge in [-0.25, -0.2) is 4.98 Å². The number of hydrogen-bond acceptors (Lipinski definition) is 5. The van der Waals surface area contributed by atoms with Crippen molar-refractivity contribution in [2.75, 3.05) is 0 Å². The fourth-order valence-corrected chi connectivity index (χ4v) is 10.1. The monoisotopic (exact) mass is 626 g/mol. The predicted octanol–water partition coefficient (Wildman–Crippen LogP) is 12.6. The van der Waals surface area contributed by atoms with Gasteiger partial charge in [-0.3, -0.25) is 4.98 Å². The van der Waals surface area contributed by atoms with Crippen LogP contribution in [0, 0.1) is 0 Å². The summed E-state index contributed by atoms with van der Waals surface area (Å²) >= 11 is 5.43. The van der Waals surface area contributed by atoms with Gasteiger partial charge in [0, 0.05) is 56.0 Å². The van der Waals surface area contributed by atoms with Gasteiger partial charge in [0.25, 0.3) is 0 Å². The van der Waals surface area contributed by atoms with Gasteiger partial charge in [-0.15, -0.1) is 34.0 Å². The van der Waals surface area contributed by atoms with Crippen LogP contribution in [0.25, 0.3) is 94.3 Å². The van der Waals surface area contributed by atoms with E-state index in [2.05, 4.69) is 127 Å². The number of thiophene rings is 3. The second-order valence-electron chi connectivity index (χ2n) is 11.4. The van der Waals surface area contributed by atoms with Gasteiger partial charge in [-0.2, -0.15) is 0 Å². The fourth-order valence-electron chi connectivity index (χ4n) is 6.64. The van der Waals surface area contributed by atoms with Crippen LogP contribution in [0.3, 0.4) is 0 Å². The van der Waals surface area contributed by atoms with Gasteiger partial charge in [0.15, 0.2) is 0 Å². The smallest absolute Gasteiger partial charge is 0.143 e. The highest BCUT2D eigenvalue weighted by Gasteiger charge is 2.16. The Morgan fingerprint density at radius 2 is 1.02 bits per heavy atom. The second-order valence-corrected chi connectivity index (χ2v) is 14.5. The SMILES string of the molecule is c1cc(-c2ccc3sc4nc(-c5cccc6c5sc5ccccc56)cnc4c3c2)cc(-c2cccc3c2sc2ccccc23)c1. The first-order valence-corrected chi connectivity index (χ1v) is 17.3. The van der Waals surface area contributed by atoms with E-state index in [0.29, 0.717) is 0 Å². The Bertz CT molecular complexity index is 2780. The molecule has 0 bridgehead atoms. The van der Waals surface area contributed by atoms with E-state index in [1.54, 1.807) is 11.3 Å². The van der Waals surface area contributed by atoms with Gasteiger partial charge < -0.3 is 0 Å². The Hall–Kier alpha value is -4.94. The molecular formula is C40H22N2S3. The summed E-state index contributed by atoms with van der Waals surface area (Å²) in [5, 5.41) is 6.39. The van der Waals surface area contributed by atoms with Crippen LogP contribution in [0.5, 0.6) is 0 Å². The van der Waals surface area contributed by atoms with Crippen molar-refractivity contribution >= 4 is 94.8 Å². The van der Waals surface area contributed by atoms with Crippen molar-refractivity contribution in [3.63, 3.8) is 0 Å². The van der Waals surface area contributed by atoms with Gasteiger partial charge in [-0.1, -0.05) is 97.1 Å². The lowest BCUT2D eigenvalue weighted by molar-refractivity contribution is 1.33. The number of aromatic nitrogens is 2.